The van der Waals surface area contributed by atoms with Crippen LogP contribution in [0.15, 0.2) is 24.3 Å². The first kappa shape index (κ1) is 20.6. The lowest BCUT2D eigenvalue weighted by atomic mass is 10.0. The van der Waals surface area contributed by atoms with Gasteiger partial charge in [0.25, 0.3) is 0 Å². The number of rotatable bonds is 7. The van der Waals surface area contributed by atoms with Crippen molar-refractivity contribution in [3.63, 3.8) is 0 Å². The third-order valence-corrected chi connectivity index (χ3v) is 5.66. The van der Waals surface area contributed by atoms with Crippen LogP contribution in [0.5, 0.6) is 5.75 Å². The van der Waals surface area contributed by atoms with E-state index in [1.807, 2.05) is 19.1 Å². The predicted octanol–water partition coefficient (Wildman–Crippen LogP) is 3.17. The number of ether oxygens (including phenoxy) is 2. The van der Waals surface area contributed by atoms with Gasteiger partial charge in [0, 0.05) is 12.6 Å². The molecule has 0 spiro atoms. The largest absolute Gasteiger partial charge is 0.494 e. The summed E-state index contributed by atoms with van der Waals surface area (Å²) in [6.07, 6.45) is 4.73. The second-order valence-corrected chi connectivity index (χ2v) is 7.48. The quantitative estimate of drug-likeness (QED) is 0.672. The van der Waals surface area contributed by atoms with Crippen molar-refractivity contribution in [1.29, 1.82) is 0 Å². The van der Waals surface area contributed by atoms with Crippen LogP contribution in [0.1, 0.15) is 57.6 Å². The van der Waals surface area contributed by atoms with Gasteiger partial charge in [-0.1, -0.05) is 12.1 Å². The van der Waals surface area contributed by atoms with Crippen molar-refractivity contribution < 1.29 is 19.1 Å². The van der Waals surface area contributed by atoms with Crippen LogP contribution in [-0.4, -0.2) is 60.6 Å². The van der Waals surface area contributed by atoms with Gasteiger partial charge in [-0.25, -0.2) is 4.79 Å². The van der Waals surface area contributed by atoms with E-state index in [4.69, 9.17) is 9.47 Å². The molecule has 2 fully saturated rings. The minimum atomic E-state index is -0.423. The molecule has 2 aliphatic rings. The highest BCUT2D eigenvalue weighted by Crippen LogP contribution is 2.33. The summed E-state index contributed by atoms with van der Waals surface area (Å²) in [6.45, 7) is 6.68. The number of benzene rings is 1. The minimum absolute atomic E-state index is 0.0376. The molecule has 6 heteroatoms. The fourth-order valence-corrected chi connectivity index (χ4v) is 4.32. The van der Waals surface area contributed by atoms with Crippen LogP contribution in [0, 0.1) is 0 Å². The Kier molecular flexibility index (Phi) is 7.31. The number of esters is 1. The Morgan fingerprint density at radius 1 is 1.00 bits per heavy atom. The van der Waals surface area contributed by atoms with E-state index < -0.39 is 6.04 Å². The Morgan fingerprint density at radius 2 is 1.79 bits per heavy atom. The summed E-state index contributed by atoms with van der Waals surface area (Å²) in [5, 5.41) is 0. The molecule has 0 aromatic heterocycles. The van der Waals surface area contributed by atoms with Gasteiger partial charge in [0.2, 0.25) is 5.91 Å². The van der Waals surface area contributed by atoms with E-state index in [0.717, 1.165) is 38.0 Å². The highest BCUT2D eigenvalue weighted by atomic mass is 16.5. The van der Waals surface area contributed by atoms with Crippen LogP contribution in [0.2, 0.25) is 0 Å². The molecule has 2 saturated heterocycles. The summed E-state index contributed by atoms with van der Waals surface area (Å²) in [7, 11) is 0. The minimum Gasteiger partial charge on any atom is -0.494 e. The van der Waals surface area contributed by atoms with Crippen molar-refractivity contribution >= 4 is 11.9 Å². The van der Waals surface area contributed by atoms with Gasteiger partial charge in [0.15, 0.2) is 0 Å². The SMILES string of the molecule is CCOC(=O)[C@@H]1CCCCN1C(=O)CN1CCC[C@@H]1c1ccc(OCC)cc1. The number of hydrogen-bond acceptors (Lipinski definition) is 5. The first-order valence-corrected chi connectivity index (χ1v) is 10.6. The number of amides is 1. The zero-order chi connectivity index (χ0) is 19.9. The molecule has 0 aliphatic carbocycles. The molecular weight excluding hydrogens is 356 g/mol. The maximum absolute atomic E-state index is 13.0. The van der Waals surface area contributed by atoms with Crippen molar-refractivity contribution in [3.05, 3.63) is 29.8 Å². The van der Waals surface area contributed by atoms with E-state index in [-0.39, 0.29) is 17.9 Å². The molecule has 0 saturated carbocycles. The molecule has 0 radical (unpaired) electrons. The standard InChI is InChI=1S/C22H32N2O4/c1-3-27-18-12-10-17(11-13-18)19-9-7-14-23(19)16-21(25)24-15-6-5-8-20(24)22(26)28-4-2/h10-13,19-20H,3-9,14-16H2,1-2H3/t19-,20+/m1/s1. The van der Waals surface area contributed by atoms with E-state index >= 15 is 0 Å². The molecule has 2 aliphatic heterocycles. The lowest BCUT2D eigenvalue weighted by Gasteiger charge is -2.36. The van der Waals surface area contributed by atoms with E-state index in [2.05, 4.69) is 17.0 Å². The molecule has 0 N–H and O–H groups in total. The molecule has 28 heavy (non-hydrogen) atoms. The van der Waals surface area contributed by atoms with Crippen molar-refractivity contribution in [2.75, 3.05) is 32.8 Å². The van der Waals surface area contributed by atoms with Gasteiger partial charge in [-0.2, -0.15) is 0 Å². The van der Waals surface area contributed by atoms with Gasteiger partial charge in [-0.15, -0.1) is 0 Å². The Hall–Kier alpha value is -2.08. The van der Waals surface area contributed by atoms with Gasteiger partial charge in [0.1, 0.15) is 11.8 Å². The maximum atomic E-state index is 13.0. The summed E-state index contributed by atoms with van der Waals surface area (Å²) in [5.74, 6) is 0.646. The fourth-order valence-electron chi connectivity index (χ4n) is 4.32. The van der Waals surface area contributed by atoms with Gasteiger partial charge in [-0.3, -0.25) is 9.69 Å². The number of piperidine rings is 1. The van der Waals surface area contributed by atoms with Crippen LogP contribution >= 0.6 is 0 Å². The molecule has 1 aromatic rings. The molecule has 3 rings (SSSR count). The number of carbonyl (C=O) groups is 2. The van der Waals surface area contributed by atoms with Crippen molar-refractivity contribution in [2.24, 2.45) is 0 Å². The monoisotopic (exact) mass is 388 g/mol. The van der Waals surface area contributed by atoms with Crippen LogP contribution in [-0.2, 0) is 14.3 Å². The Labute approximate surface area is 167 Å². The van der Waals surface area contributed by atoms with Crippen LogP contribution in [0.25, 0.3) is 0 Å². The summed E-state index contributed by atoms with van der Waals surface area (Å²) in [4.78, 5) is 29.3. The molecular formula is C22H32N2O4. The van der Waals surface area contributed by atoms with Crippen LogP contribution in [0.4, 0.5) is 0 Å². The van der Waals surface area contributed by atoms with Crippen LogP contribution in [0.3, 0.4) is 0 Å². The Balaban J connectivity index is 1.65. The van der Waals surface area contributed by atoms with Gasteiger partial charge < -0.3 is 14.4 Å². The van der Waals surface area contributed by atoms with E-state index in [1.54, 1.807) is 11.8 Å². The third kappa shape index (κ3) is 4.85. The zero-order valence-corrected chi connectivity index (χ0v) is 17.1. The summed E-state index contributed by atoms with van der Waals surface area (Å²) in [5.41, 5.74) is 1.22. The molecule has 2 atom stereocenters. The number of likely N-dealkylation sites (tertiary alicyclic amines) is 2. The molecule has 0 bridgehead atoms. The van der Waals surface area contributed by atoms with Gasteiger partial charge >= 0.3 is 5.97 Å². The average Bonchev–Trinajstić information content (AvgIpc) is 3.17. The van der Waals surface area contributed by atoms with Crippen molar-refractivity contribution in [3.8, 4) is 5.75 Å². The van der Waals surface area contributed by atoms with Gasteiger partial charge in [-0.05, 0) is 70.2 Å². The lowest BCUT2D eigenvalue weighted by Crippen LogP contribution is -2.51. The number of carbonyl (C=O) groups excluding carboxylic acids is 2. The second-order valence-electron chi connectivity index (χ2n) is 7.48. The highest BCUT2D eigenvalue weighted by molar-refractivity contribution is 5.86. The average molecular weight is 389 g/mol. The van der Waals surface area contributed by atoms with E-state index in [1.165, 1.54) is 5.56 Å². The lowest BCUT2D eigenvalue weighted by molar-refractivity contribution is -0.157. The molecule has 0 unspecified atom stereocenters. The second kappa shape index (κ2) is 9.92. The number of hydrogen-bond donors (Lipinski definition) is 0. The van der Waals surface area contributed by atoms with Crippen LogP contribution < -0.4 is 4.74 Å². The predicted molar refractivity (Wildman–Crippen MR) is 107 cm³/mol. The molecule has 1 amide bonds. The highest BCUT2D eigenvalue weighted by Gasteiger charge is 2.35. The first-order valence-electron chi connectivity index (χ1n) is 10.6. The van der Waals surface area contributed by atoms with Gasteiger partial charge in [0.05, 0.1) is 19.8 Å². The van der Waals surface area contributed by atoms with E-state index in [9.17, 15) is 9.59 Å². The smallest absolute Gasteiger partial charge is 0.328 e. The zero-order valence-electron chi connectivity index (χ0n) is 17.1. The fraction of sp³-hybridized carbons (Fsp3) is 0.636. The van der Waals surface area contributed by atoms with Crippen molar-refractivity contribution in [1.82, 2.24) is 9.80 Å². The number of nitrogens with zero attached hydrogens (tertiary/aromatic N) is 2. The summed E-state index contributed by atoms with van der Waals surface area (Å²) >= 11 is 0. The summed E-state index contributed by atoms with van der Waals surface area (Å²) < 4.78 is 10.7. The molecule has 1 aromatic carbocycles. The van der Waals surface area contributed by atoms with E-state index in [0.29, 0.717) is 32.7 Å². The third-order valence-electron chi connectivity index (χ3n) is 5.66. The topological polar surface area (TPSA) is 59.1 Å². The summed E-state index contributed by atoms with van der Waals surface area (Å²) in [6, 6.07) is 8.01. The normalized spacial score (nSPS) is 22.9. The molecule has 2 heterocycles. The Morgan fingerprint density at radius 3 is 2.50 bits per heavy atom. The molecule has 154 valence electrons. The molecule has 6 nitrogen and oxygen atoms in total. The maximum Gasteiger partial charge on any atom is 0.328 e. The first-order chi connectivity index (χ1) is 13.6. The Bertz CT molecular complexity index is 661. The van der Waals surface area contributed by atoms with Crippen molar-refractivity contribution in [2.45, 2.75) is 58.0 Å².